The van der Waals surface area contributed by atoms with Gasteiger partial charge in [0, 0.05) is 20.0 Å². The predicted molar refractivity (Wildman–Crippen MR) is 64.0 cm³/mol. The number of rotatable bonds is 3. The Labute approximate surface area is 107 Å². The molecule has 17 heavy (non-hydrogen) atoms. The third-order valence-corrected chi connectivity index (χ3v) is 3.15. The molecule has 2 rings (SSSR count). The summed E-state index contributed by atoms with van der Waals surface area (Å²) in [6, 6.07) is 3.60. The van der Waals surface area contributed by atoms with Gasteiger partial charge in [-0.25, -0.2) is 0 Å². The molecule has 1 fully saturated rings. The van der Waals surface area contributed by atoms with Crippen molar-refractivity contribution in [2.24, 2.45) is 5.92 Å². The lowest BCUT2D eigenvalue weighted by atomic mass is 10.1. The fraction of sp³-hybridized carbons (Fsp3) is 0.455. The number of halogens is 1. The summed E-state index contributed by atoms with van der Waals surface area (Å²) in [6.45, 7) is 0.846. The van der Waals surface area contributed by atoms with Crippen molar-refractivity contribution in [2.75, 3.05) is 13.6 Å². The van der Waals surface area contributed by atoms with E-state index in [2.05, 4.69) is 21.2 Å². The molecule has 0 radical (unpaired) electrons. The lowest BCUT2D eigenvalue weighted by molar-refractivity contribution is -0.135. The Hall–Kier alpha value is -1.30. The van der Waals surface area contributed by atoms with Gasteiger partial charge in [0.05, 0.1) is 12.5 Å². The highest BCUT2D eigenvalue weighted by atomic mass is 79.9. The van der Waals surface area contributed by atoms with E-state index in [4.69, 9.17) is 4.42 Å². The van der Waals surface area contributed by atoms with E-state index in [0.29, 0.717) is 23.5 Å². The number of furan rings is 1. The van der Waals surface area contributed by atoms with Crippen LogP contribution in [0.1, 0.15) is 12.2 Å². The molecule has 1 aliphatic rings. The van der Waals surface area contributed by atoms with Gasteiger partial charge in [0.1, 0.15) is 5.76 Å². The summed E-state index contributed by atoms with van der Waals surface area (Å²) in [5.41, 5.74) is 0. The predicted octanol–water partition coefficient (Wildman–Crippen LogP) is 1.14. The van der Waals surface area contributed by atoms with E-state index in [1.165, 1.54) is 0 Å². The van der Waals surface area contributed by atoms with E-state index in [1.54, 1.807) is 18.0 Å². The molecule has 1 N–H and O–H groups in total. The van der Waals surface area contributed by atoms with Crippen LogP contribution in [0, 0.1) is 5.92 Å². The topological polar surface area (TPSA) is 62.6 Å². The molecule has 1 unspecified atom stereocenters. The lowest BCUT2D eigenvalue weighted by Gasteiger charge is -2.18. The van der Waals surface area contributed by atoms with Crippen molar-refractivity contribution >= 4 is 27.7 Å². The van der Waals surface area contributed by atoms with Gasteiger partial charge < -0.3 is 14.6 Å². The largest absolute Gasteiger partial charge is 0.452 e. The van der Waals surface area contributed by atoms with E-state index in [0.717, 1.165) is 0 Å². The average Bonchev–Trinajstić information content (AvgIpc) is 2.87. The number of hydrogen-bond donors (Lipinski definition) is 1. The van der Waals surface area contributed by atoms with Crippen LogP contribution in [-0.2, 0) is 16.1 Å². The summed E-state index contributed by atoms with van der Waals surface area (Å²) in [5, 5.41) is 2.66. The average molecular weight is 301 g/mol. The second-order valence-corrected chi connectivity index (χ2v) is 4.89. The normalized spacial score (nSPS) is 19.2. The van der Waals surface area contributed by atoms with Gasteiger partial charge in [-0.3, -0.25) is 9.59 Å². The molecule has 2 heterocycles. The molecule has 0 bridgehead atoms. The molecule has 5 nitrogen and oxygen atoms in total. The monoisotopic (exact) mass is 300 g/mol. The molecule has 0 aromatic carbocycles. The van der Waals surface area contributed by atoms with Crippen LogP contribution in [0.3, 0.4) is 0 Å². The van der Waals surface area contributed by atoms with Gasteiger partial charge in [-0.1, -0.05) is 0 Å². The van der Waals surface area contributed by atoms with Gasteiger partial charge in [0.15, 0.2) is 4.67 Å². The number of amides is 2. The van der Waals surface area contributed by atoms with Crippen LogP contribution in [0.4, 0.5) is 0 Å². The first kappa shape index (κ1) is 12.2. The number of hydrogen-bond acceptors (Lipinski definition) is 3. The van der Waals surface area contributed by atoms with E-state index in [1.807, 2.05) is 6.07 Å². The molecule has 6 heteroatoms. The molecule has 0 aliphatic carbocycles. The van der Waals surface area contributed by atoms with Crippen LogP contribution < -0.4 is 5.32 Å². The summed E-state index contributed by atoms with van der Waals surface area (Å²) in [7, 11) is 1.71. The SMILES string of the molecule is CN(Cc1ccc(Br)o1)C(=O)C1CNC(=O)C1. The van der Waals surface area contributed by atoms with Crippen LogP contribution in [0.5, 0.6) is 0 Å². The summed E-state index contributed by atoms with van der Waals surface area (Å²) < 4.78 is 5.97. The molecule has 92 valence electrons. The first-order valence-corrected chi connectivity index (χ1v) is 6.11. The summed E-state index contributed by atoms with van der Waals surface area (Å²) >= 11 is 3.21. The molecule has 0 saturated carbocycles. The molecule has 0 spiro atoms. The zero-order valence-corrected chi connectivity index (χ0v) is 11.0. The fourth-order valence-corrected chi connectivity index (χ4v) is 2.18. The Balaban J connectivity index is 1.93. The maximum absolute atomic E-state index is 12.0. The number of carbonyl (C=O) groups is 2. The smallest absolute Gasteiger partial charge is 0.228 e. The van der Waals surface area contributed by atoms with Crippen molar-refractivity contribution in [3.05, 3.63) is 22.6 Å². The number of nitrogens with zero attached hydrogens (tertiary/aromatic N) is 1. The molecule has 1 aromatic heterocycles. The Bertz CT molecular complexity index is 444. The Morgan fingerprint density at radius 3 is 2.94 bits per heavy atom. The lowest BCUT2D eigenvalue weighted by Crippen LogP contribution is -2.33. The molecule has 1 atom stereocenters. The zero-order chi connectivity index (χ0) is 12.4. The molecular formula is C11H13BrN2O3. The van der Waals surface area contributed by atoms with Gasteiger partial charge in [-0.2, -0.15) is 0 Å². The van der Waals surface area contributed by atoms with Crippen LogP contribution >= 0.6 is 15.9 Å². The molecule has 1 aromatic rings. The van der Waals surface area contributed by atoms with Gasteiger partial charge in [0.2, 0.25) is 11.8 Å². The zero-order valence-electron chi connectivity index (χ0n) is 9.40. The molecule has 1 aliphatic heterocycles. The van der Waals surface area contributed by atoms with Crippen molar-refractivity contribution in [1.82, 2.24) is 10.2 Å². The molecule has 2 amide bonds. The fourth-order valence-electron chi connectivity index (χ4n) is 1.84. The summed E-state index contributed by atoms with van der Waals surface area (Å²) in [4.78, 5) is 24.6. The minimum Gasteiger partial charge on any atom is -0.452 e. The third kappa shape index (κ3) is 2.88. The maximum Gasteiger partial charge on any atom is 0.228 e. The van der Waals surface area contributed by atoms with E-state index in [9.17, 15) is 9.59 Å². The molecule has 1 saturated heterocycles. The van der Waals surface area contributed by atoms with Crippen LogP contribution in [0.25, 0.3) is 0 Å². The number of nitrogens with one attached hydrogen (secondary N) is 1. The van der Waals surface area contributed by atoms with Crippen molar-refractivity contribution in [1.29, 1.82) is 0 Å². The first-order valence-electron chi connectivity index (χ1n) is 5.32. The van der Waals surface area contributed by atoms with Gasteiger partial charge >= 0.3 is 0 Å². The van der Waals surface area contributed by atoms with Crippen LogP contribution in [0.2, 0.25) is 0 Å². The van der Waals surface area contributed by atoms with Crippen LogP contribution in [-0.4, -0.2) is 30.3 Å². The highest BCUT2D eigenvalue weighted by Crippen LogP contribution is 2.17. The quantitative estimate of drug-likeness (QED) is 0.910. The van der Waals surface area contributed by atoms with Gasteiger partial charge in [0.25, 0.3) is 0 Å². The maximum atomic E-state index is 12.0. The van der Waals surface area contributed by atoms with Crippen molar-refractivity contribution in [3.63, 3.8) is 0 Å². The van der Waals surface area contributed by atoms with E-state index >= 15 is 0 Å². The Morgan fingerprint density at radius 1 is 1.65 bits per heavy atom. The van der Waals surface area contributed by atoms with E-state index < -0.39 is 0 Å². The van der Waals surface area contributed by atoms with Crippen molar-refractivity contribution < 1.29 is 14.0 Å². The van der Waals surface area contributed by atoms with Gasteiger partial charge in [-0.15, -0.1) is 0 Å². The Kier molecular flexibility index (Phi) is 3.51. The highest BCUT2D eigenvalue weighted by molar-refractivity contribution is 9.10. The Morgan fingerprint density at radius 2 is 2.41 bits per heavy atom. The van der Waals surface area contributed by atoms with Crippen LogP contribution in [0.15, 0.2) is 21.2 Å². The summed E-state index contributed by atoms with van der Waals surface area (Å²) in [6.07, 6.45) is 0.283. The standard InChI is InChI=1S/C11H13BrN2O3/c1-14(6-8-2-3-9(12)17-8)11(16)7-4-10(15)13-5-7/h2-3,7H,4-6H2,1H3,(H,13,15). The third-order valence-electron chi connectivity index (χ3n) is 2.72. The highest BCUT2D eigenvalue weighted by Gasteiger charge is 2.30. The number of carbonyl (C=O) groups excluding carboxylic acids is 2. The van der Waals surface area contributed by atoms with Gasteiger partial charge in [-0.05, 0) is 28.1 Å². The first-order chi connectivity index (χ1) is 8.06. The summed E-state index contributed by atoms with van der Waals surface area (Å²) in [5.74, 6) is 0.379. The van der Waals surface area contributed by atoms with Crippen molar-refractivity contribution in [2.45, 2.75) is 13.0 Å². The minimum atomic E-state index is -0.245. The second kappa shape index (κ2) is 4.91. The minimum absolute atomic E-state index is 0.0316. The second-order valence-electron chi connectivity index (χ2n) is 4.11. The van der Waals surface area contributed by atoms with E-state index in [-0.39, 0.29) is 24.2 Å². The van der Waals surface area contributed by atoms with Crippen molar-refractivity contribution in [3.8, 4) is 0 Å². The molecular weight excluding hydrogens is 288 g/mol.